The minimum Gasteiger partial charge on any atom is -0.308 e. The second-order valence-corrected chi connectivity index (χ2v) is 17.2. The van der Waals surface area contributed by atoms with Gasteiger partial charge in [-0.1, -0.05) is 146 Å². The summed E-state index contributed by atoms with van der Waals surface area (Å²) >= 11 is 0. The lowest BCUT2D eigenvalue weighted by Gasteiger charge is -2.21. The maximum atomic E-state index is 15.3. The van der Waals surface area contributed by atoms with Crippen molar-refractivity contribution in [3.8, 4) is 73.3 Å². The van der Waals surface area contributed by atoms with Gasteiger partial charge >= 0.3 is 6.18 Å². The van der Waals surface area contributed by atoms with Crippen LogP contribution >= 0.6 is 0 Å². The van der Waals surface area contributed by atoms with E-state index in [9.17, 15) is 5.26 Å². The molecule has 0 radical (unpaired) electrons. The second-order valence-electron chi connectivity index (χ2n) is 17.2. The first-order valence-corrected chi connectivity index (χ1v) is 22.6. The topological polar surface area (TPSA) is 59.4 Å². The molecule has 0 spiro atoms. The molecule has 0 amide bonds. The molecule has 4 heterocycles. The van der Waals surface area contributed by atoms with E-state index in [0.29, 0.717) is 28.1 Å². The number of fused-ring (bicyclic) bond motifs is 6. The molecule has 0 aliphatic heterocycles. The van der Waals surface area contributed by atoms with Crippen LogP contribution in [0.25, 0.3) is 111 Å². The van der Waals surface area contributed by atoms with Crippen LogP contribution < -0.4 is 0 Å². The Balaban J connectivity index is 1.20. The van der Waals surface area contributed by atoms with E-state index in [2.05, 4.69) is 42.5 Å². The fourth-order valence-electron chi connectivity index (χ4n) is 10.2. The summed E-state index contributed by atoms with van der Waals surface area (Å²) in [5.74, 6) is 0. The lowest BCUT2D eigenvalue weighted by molar-refractivity contribution is -0.137. The van der Waals surface area contributed by atoms with Crippen molar-refractivity contribution in [1.82, 2.24) is 19.1 Å². The molecule has 0 atom stereocenters. The summed E-state index contributed by atoms with van der Waals surface area (Å²) in [6.07, 6.45) is -1.10. The van der Waals surface area contributed by atoms with Crippen LogP contribution in [-0.4, -0.2) is 19.1 Å². The molecule has 8 aromatic carbocycles. The minimum atomic E-state index is -4.67. The number of para-hydroxylation sites is 2. The molecule has 69 heavy (non-hydrogen) atoms. The normalized spacial score (nSPS) is 11.8. The standard InChI is InChI=1S/C61H38F3N5/c1-38-15-12-24-51(61(62,63)64)58(38)43-35-56(68-52-25-10-8-20-46(52)48-29-27-41(33-54(48)68)44-22-13-31-66-59(44)39-16-4-2-5-17-39)50(37-65)57(36-43)69-53-26-11-9-21-47(53)49-30-28-42(34-55(49)69)45-23-14-32-67-60(45)40-18-6-3-7-19-40/h2-36H,1H3. The van der Waals surface area contributed by atoms with Gasteiger partial charge in [-0.15, -0.1) is 0 Å². The Hall–Kier alpha value is -9.06. The number of hydrogen-bond acceptors (Lipinski definition) is 3. The smallest absolute Gasteiger partial charge is 0.308 e. The van der Waals surface area contributed by atoms with E-state index < -0.39 is 11.7 Å². The SMILES string of the molecule is Cc1cccc(C(F)(F)F)c1-c1cc(-n2c3ccccc3c3ccc(-c4cccnc4-c4ccccc4)cc32)c(C#N)c(-n2c3ccccc3c3ccc(-c4cccnc4-c4ccccc4)cc32)c1. The van der Waals surface area contributed by atoms with Crippen LogP contribution in [0.4, 0.5) is 13.2 Å². The number of benzene rings is 8. The van der Waals surface area contributed by atoms with E-state index in [4.69, 9.17) is 9.97 Å². The predicted molar refractivity (Wildman–Crippen MR) is 272 cm³/mol. The fraction of sp³-hybridized carbons (Fsp3) is 0.0328. The molecule has 0 fully saturated rings. The molecule has 0 aliphatic carbocycles. The maximum absolute atomic E-state index is 15.3. The number of aryl methyl sites for hydroxylation is 1. The molecule has 12 rings (SSSR count). The molecule has 0 aliphatic rings. The largest absolute Gasteiger partial charge is 0.417 e. The van der Waals surface area contributed by atoms with Crippen molar-refractivity contribution in [2.75, 3.05) is 0 Å². The van der Waals surface area contributed by atoms with Gasteiger partial charge in [0.25, 0.3) is 0 Å². The Morgan fingerprint density at radius 3 is 1.38 bits per heavy atom. The van der Waals surface area contributed by atoms with Crippen LogP contribution in [0.5, 0.6) is 0 Å². The first kappa shape index (κ1) is 41.4. The average Bonchev–Trinajstić information content (AvgIpc) is 3.90. The van der Waals surface area contributed by atoms with E-state index in [1.165, 1.54) is 6.07 Å². The molecule has 328 valence electrons. The van der Waals surface area contributed by atoms with Gasteiger partial charge in [0.05, 0.1) is 50.4 Å². The molecular formula is C61H38F3N5. The van der Waals surface area contributed by atoms with Crippen molar-refractivity contribution in [3.63, 3.8) is 0 Å². The summed E-state index contributed by atoms with van der Waals surface area (Å²) in [4.78, 5) is 9.65. The Bertz CT molecular complexity index is 3810. The number of pyridine rings is 2. The van der Waals surface area contributed by atoms with Crippen LogP contribution in [0.15, 0.2) is 213 Å². The van der Waals surface area contributed by atoms with Gasteiger partial charge in [0.1, 0.15) is 11.6 Å². The molecular weight excluding hydrogens is 860 g/mol. The summed E-state index contributed by atoms with van der Waals surface area (Å²) in [7, 11) is 0. The first-order chi connectivity index (χ1) is 33.8. The zero-order chi connectivity index (χ0) is 46.8. The van der Waals surface area contributed by atoms with Gasteiger partial charge in [0, 0.05) is 56.2 Å². The molecule has 0 N–H and O–H groups in total. The van der Waals surface area contributed by atoms with Crippen LogP contribution in [-0.2, 0) is 6.18 Å². The molecule has 4 aromatic heterocycles. The number of alkyl halides is 3. The summed E-state index contributed by atoms with van der Waals surface area (Å²) in [6, 6.07) is 66.9. The Morgan fingerprint density at radius 1 is 0.435 bits per heavy atom. The molecule has 5 nitrogen and oxygen atoms in total. The number of hydrogen-bond donors (Lipinski definition) is 0. The summed E-state index contributed by atoms with van der Waals surface area (Å²) in [6.45, 7) is 1.71. The third-order valence-electron chi connectivity index (χ3n) is 13.2. The van der Waals surface area contributed by atoms with E-state index in [1.54, 1.807) is 37.5 Å². The van der Waals surface area contributed by atoms with Crippen LogP contribution in [0.2, 0.25) is 0 Å². The molecule has 0 unspecified atom stereocenters. The van der Waals surface area contributed by atoms with Gasteiger partial charge in [-0.05, 0) is 89.3 Å². The second kappa shape index (κ2) is 16.4. The highest BCUT2D eigenvalue weighted by Gasteiger charge is 2.35. The van der Waals surface area contributed by atoms with Crippen molar-refractivity contribution < 1.29 is 13.2 Å². The van der Waals surface area contributed by atoms with Gasteiger partial charge < -0.3 is 9.13 Å². The van der Waals surface area contributed by atoms with E-state index >= 15 is 13.2 Å². The van der Waals surface area contributed by atoms with Crippen molar-refractivity contribution >= 4 is 43.6 Å². The average molecular weight is 898 g/mol. The van der Waals surface area contributed by atoms with Gasteiger partial charge in [0.2, 0.25) is 0 Å². The quantitative estimate of drug-likeness (QED) is 0.160. The first-order valence-electron chi connectivity index (χ1n) is 22.6. The van der Waals surface area contributed by atoms with Gasteiger partial charge in [-0.3, -0.25) is 9.97 Å². The van der Waals surface area contributed by atoms with Gasteiger partial charge in [-0.25, -0.2) is 0 Å². The van der Waals surface area contributed by atoms with Crippen molar-refractivity contribution in [1.29, 1.82) is 5.26 Å². The zero-order valence-electron chi connectivity index (χ0n) is 37.1. The van der Waals surface area contributed by atoms with Crippen LogP contribution in [0.1, 0.15) is 16.7 Å². The monoisotopic (exact) mass is 897 g/mol. The number of nitrogens with zero attached hydrogens (tertiary/aromatic N) is 5. The van der Waals surface area contributed by atoms with Gasteiger partial charge in [-0.2, -0.15) is 18.4 Å². The number of aromatic nitrogens is 4. The third-order valence-corrected chi connectivity index (χ3v) is 13.2. The predicted octanol–water partition coefficient (Wildman–Crippen LogP) is 16.2. The molecule has 12 aromatic rings. The molecule has 0 saturated heterocycles. The lowest BCUT2D eigenvalue weighted by Crippen LogP contribution is -2.10. The van der Waals surface area contributed by atoms with Crippen molar-refractivity contribution in [2.45, 2.75) is 13.1 Å². The van der Waals surface area contributed by atoms with E-state index in [1.807, 2.05) is 143 Å². The Morgan fingerprint density at radius 2 is 0.899 bits per heavy atom. The fourth-order valence-corrected chi connectivity index (χ4v) is 10.2. The molecule has 0 saturated carbocycles. The van der Waals surface area contributed by atoms with Crippen LogP contribution in [0.3, 0.4) is 0 Å². The zero-order valence-corrected chi connectivity index (χ0v) is 37.1. The molecule has 0 bridgehead atoms. The maximum Gasteiger partial charge on any atom is 0.417 e. The van der Waals surface area contributed by atoms with E-state index in [0.717, 1.165) is 94.4 Å². The van der Waals surface area contributed by atoms with E-state index in [-0.39, 0.29) is 5.56 Å². The number of rotatable bonds is 7. The Kier molecular flexibility index (Phi) is 9.82. The van der Waals surface area contributed by atoms with Crippen molar-refractivity contribution in [2.24, 2.45) is 0 Å². The molecule has 8 heteroatoms. The Labute approximate surface area is 395 Å². The summed E-state index contributed by atoms with van der Waals surface area (Å²) in [5.41, 5.74) is 11.6. The van der Waals surface area contributed by atoms with Crippen LogP contribution in [0, 0.1) is 18.3 Å². The highest BCUT2D eigenvalue weighted by atomic mass is 19.4. The van der Waals surface area contributed by atoms with Crippen molar-refractivity contribution in [3.05, 3.63) is 229 Å². The van der Waals surface area contributed by atoms with Gasteiger partial charge in [0.15, 0.2) is 0 Å². The third kappa shape index (κ3) is 6.86. The number of halogens is 3. The summed E-state index contributed by atoms with van der Waals surface area (Å²) < 4.78 is 50.0. The number of nitriles is 1. The highest BCUT2D eigenvalue weighted by molar-refractivity contribution is 6.12. The summed E-state index contributed by atoms with van der Waals surface area (Å²) in [5, 5.41) is 15.4. The lowest BCUT2D eigenvalue weighted by atomic mass is 9.92. The highest BCUT2D eigenvalue weighted by Crippen LogP contribution is 2.45. The minimum absolute atomic E-state index is 0.0469.